The van der Waals surface area contributed by atoms with Crippen molar-refractivity contribution in [3.63, 3.8) is 0 Å². The predicted octanol–water partition coefficient (Wildman–Crippen LogP) is 4.26. The zero-order chi connectivity index (χ0) is 19.2. The Labute approximate surface area is 159 Å². The Morgan fingerprint density at radius 1 is 1.19 bits per heavy atom. The number of hydrogen-bond donors (Lipinski definition) is 2. The lowest BCUT2D eigenvalue weighted by molar-refractivity contribution is -0.136. The summed E-state index contributed by atoms with van der Waals surface area (Å²) >= 11 is 0. The van der Waals surface area contributed by atoms with Crippen molar-refractivity contribution in [3.05, 3.63) is 47.3 Å². The summed E-state index contributed by atoms with van der Waals surface area (Å²) in [6, 6.07) is 6.19. The Bertz CT molecular complexity index is 1010. The molecule has 0 saturated carbocycles. The number of nitrogens with two attached hydrogens (primary N) is 1. The number of amides is 1. The average Bonchev–Trinajstić information content (AvgIpc) is 2.89. The number of nitrogens with one attached hydrogen (secondary N) is 1. The normalized spacial score (nSPS) is 11.3. The Hall–Kier alpha value is -2.74. The van der Waals surface area contributed by atoms with Gasteiger partial charge >= 0.3 is 6.18 Å². The molecule has 0 unspecified atom stereocenters. The molecular formula is C18H18ClF3N4O. The maximum atomic E-state index is 13.3. The van der Waals surface area contributed by atoms with E-state index in [9.17, 15) is 18.0 Å². The summed E-state index contributed by atoms with van der Waals surface area (Å²) in [5.41, 5.74) is 6.92. The number of fused-ring (bicyclic) bond motifs is 1. The molecule has 9 heteroatoms. The van der Waals surface area contributed by atoms with Gasteiger partial charge < -0.3 is 15.6 Å². The third-order valence-corrected chi connectivity index (χ3v) is 4.14. The molecule has 27 heavy (non-hydrogen) atoms. The fourth-order valence-corrected chi connectivity index (χ4v) is 2.88. The van der Waals surface area contributed by atoms with Gasteiger partial charge in [0.1, 0.15) is 5.65 Å². The van der Waals surface area contributed by atoms with Crippen LogP contribution < -0.4 is 5.73 Å². The largest absolute Gasteiger partial charge is 0.418 e. The van der Waals surface area contributed by atoms with Crippen molar-refractivity contribution in [2.45, 2.75) is 13.1 Å². The van der Waals surface area contributed by atoms with Crippen molar-refractivity contribution >= 4 is 35.0 Å². The molecule has 1 amide bonds. The third-order valence-electron chi connectivity index (χ3n) is 4.14. The fraction of sp³-hybridized carbons (Fsp3) is 0.222. The first-order chi connectivity index (χ1) is 12.1. The lowest BCUT2D eigenvalue weighted by atomic mass is 10.0. The van der Waals surface area contributed by atoms with Crippen molar-refractivity contribution < 1.29 is 18.0 Å². The van der Waals surface area contributed by atoms with Gasteiger partial charge in [0.15, 0.2) is 0 Å². The maximum Gasteiger partial charge on any atom is 0.418 e. The van der Waals surface area contributed by atoms with Gasteiger partial charge in [-0.25, -0.2) is 4.98 Å². The molecule has 0 bridgehead atoms. The molecule has 5 nitrogen and oxygen atoms in total. The minimum atomic E-state index is -4.49. The Balaban J connectivity index is 0.00000261. The molecular weight excluding hydrogens is 381 g/mol. The number of aromatic nitrogens is 2. The number of benzene rings is 1. The molecule has 0 spiro atoms. The second kappa shape index (κ2) is 7.11. The minimum absolute atomic E-state index is 0. The number of nitrogen functional groups attached to an aromatic ring is 1. The van der Waals surface area contributed by atoms with Gasteiger partial charge in [0.05, 0.1) is 11.1 Å². The van der Waals surface area contributed by atoms with Crippen LogP contribution in [-0.4, -0.2) is 34.9 Å². The summed E-state index contributed by atoms with van der Waals surface area (Å²) in [6.07, 6.45) is -3.02. The molecule has 0 aliphatic rings. The van der Waals surface area contributed by atoms with Crippen LogP contribution in [0, 0.1) is 6.92 Å². The highest BCUT2D eigenvalue weighted by atomic mass is 35.5. The molecule has 2 heterocycles. The van der Waals surface area contributed by atoms with Crippen LogP contribution in [0.15, 0.2) is 30.5 Å². The fourth-order valence-electron chi connectivity index (χ4n) is 2.88. The number of nitrogens with zero attached hydrogens (tertiary/aromatic N) is 2. The van der Waals surface area contributed by atoms with Gasteiger partial charge in [0, 0.05) is 42.6 Å². The van der Waals surface area contributed by atoms with E-state index in [0.717, 1.165) is 0 Å². The van der Waals surface area contributed by atoms with Crippen molar-refractivity contribution in [1.82, 2.24) is 14.9 Å². The molecule has 0 aliphatic carbocycles. The highest BCUT2D eigenvalue weighted by Gasteiger charge is 2.36. The van der Waals surface area contributed by atoms with Crippen LogP contribution in [0.3, 0.4) is 0 Å². The van der Waals surface area contributed by atoms with Gasteiger partial charge in [0.2, 0.25) is 0 Å². The van der Waals surface area contributed by atoms with E-state index in [2.05, 4.69) is 9.97 Å². The molecule has 0 radical (unpaired) electrons. The third kappa shape index (κ3) is 3.71. The smallest absolute Gasteiger partial charge is 0.398 e. The van der Waals surface area contributed by atoms with Gasteiger partial charge in [-0.15, -0.1) is 12.4 Å². The number of carbonyl (C=O) groups excluding carboxylic acids is 1. The quantitative estimate of drug-likeness (QED) is 0.633. The summed E-state index contributed by atoms with van der Waals surface area (Å²) in [5, 5.41) is -0.00943. The Morgan fingerprint density at radius 2 is 1.85 bits per heavy atom. The van der Waals surface area contributed by atoms with Crippen LogP contribution in [0.5, 0.6) is 0 Å². The van der Waals surface area contributed by atoms with E-state index in [1.165, 1.54) is 24.1 Å². The number of rotatable bonds is 2. The molecule has 144 valence electrons. The first-order valence-electron chi connectivity index (χ1n) is 7.76. The van der Waals surface area contributed by atoms with Crippen LogP contribution in [0.1, 0.15) is 21.6 Å². The van der Waals surface area contributed by atoms with Crippen molar-refractivity contribution in [2.75, 3.05) is 19.8 Å². The molecule has 1 aromatic carbocycles. The van der Waals surface area contributed by atoms with E-state index >= 15 is 0 Å². The summed E-state index contributed by atoms with van der Waals surface area (Å²) in [6.45, 7) is 1.36. The maximum absolute atomic E-state index is 13.3. The lowest BCUT2D eigenvalue weighted by Gasteiger charge is -2.13. The number of carbonyl (C=O) groups is 1. The molecule has 3 rings (SSSR count). The van der Waals surface area contributed by atoms with Gasteiger partial charge in [-0.1, -0.05) is 6.07 Å². The number of hydrogen-bond acceptors (Lipinski definition) is 3. The van der Waals surface area contributed by atoms with Crippen LogP contribution in [-0.2, 0) is 6.18 Å². The number of aromatic amines is 1. The van der Waals surface area contributed by atoms with E-state index in [-0.39, 0.29) is 40.6 Å². The van der Waals surface area contributed by atoms with Crippen LogP contribution in [0.2, 0.25) is 0 Å². The highest BCUT2D eigenvalue weighted by Crippen LogP contribution is 2.38. The van der Waals surface area contributed by atoms with Crippen LogP contribution >= 0.6 is 12.4 Å². The van der Waals surface area contributed by atoms with Gasteiger partial charge in [-0.05, 0) is 30.7 Å². The van der Waals surface area contributed by atoms with E-state index in [1.54, 1.807) is 32.3 Å². The zero-order valence-corrected chi connectivity index (χ0v) is 15.6. The van der Waals surface area contributed by atoms with Gasteiger partial charge in [-0.3, -0.25) is 4.79 Å². The summed E-state index contributed by atoms with van der Waals surface area (Å²) in [5.74, 6) is -0.285. The molecule has 0 atom stereocenters. The monoisotopic (exact) mass is 398 g/mol. The number of alkyl halides is 3. The van der Waals surface area contributed by atoms with Gasteiger partial charge in [-0.2, -0.15) is 13.2 Å². The average molecular weight is 399 g/mol. The molecule has 0 fully saturated rings. The molecule has 3 aromatic rings. The van der Waals surface area contributed by atoms with Crippen LogP contribution in [0.4, 0.5) is 18.9 Å². The van der Waals surface area contributed by atoms with E-state index in [4.69, 9.17) is 5.73 Å². The Morgan fingerprint density at radius 3 is 2.44 bits per heavy atom. The summed E-state index contributed by atoms with van der Waals surface area (Å²) < 4.78 is 40.0. The van der Waals surface area contributed by atoms with Crippen molar-refractivity contribution in [2.24, 2.45) is 0 Å². The predicted molar refractivity (Wildman–Crippen MR) is 101 cm³/mol. The van der Waals surface area contributed by atoms with E-state index < -0.39 is 11.7 Å². The van der Waals surface area contributed by atoms with Crippen molar-refractivity contribution in [1.29, 1.82) is 0 Å². The second-order valence-electron chi connectivity index (χ2n) is 6.24. The van der Waals surface area contributed by atoms with Crippen molar-refractivity contribution in [3.8, 4) is 11.1 Å². The standard InChI is InChI=1S/C18H17F3N4O.ClH/c1-9-15(18(19,20)21)13-7-11(8-23-16(13)24-9)10-4-5-14(22)12(6-10)17(26)25(2)3;/h4-8H,22H2,1-3H3,(H,23,24);1H. The highest BCUT2D eigenvalue weighted by molar-refractivity contribution is 6.00. The minimum Gasteiger partial charge on any atom is -0.398 e. The number of anilines is 1. The van der Waals surface area contributed by atoms with Gasteiger partial charge in [0.25, 0.3) is 5.91 Å². The Kier molecular flexibility index (Phi) is 5.42. The molecule has 0 aliphatic heterocycles. The summed E-state index contributed by atoms with van der Waals surface area (Å²) in [4.78, 5) is 20.4. The second-order valence-corrected chi connectivity index (χ2v) is 6.24. The topological polar surface area (TPSA) is 75.0 Å². The summed E-state index contributed by atoms with van der Waals surface area (Å²) in [7, 11) is 3.19. The lowest BCUT2D eigenvalue weighted by Crippen LogP contribution is -2.22. The molecule has 3 N–H and O–H groups in total. The van der Waals surface area contributed by atoms with E-state index in [1.807, 2.05) is 0 Å². The van der Waals surface area contributed by atoms with Crippen LogP contribution in [0.25, 0.3) is 22.2 Å². The van der Waals surface area contributed by atoms with E-state index in [0.29, 0.717) is 16.8 Å². The molecule has 2 aromatic heterocycles. The molecule has 0 saturated heterocycles. The SMILES string of the molecule is Cc1[nH]c2ncc(-c3ccc(N)c(C(=O)N(C)C)c3)cc2c1C(F)(F)F.Cl. The number of H-pyrrole nitrogens is 1. The zero-order valence-electron chi connectivity index (χ0n) is 14.8. The first-order valence-corrected chi connectivity index (χ1v) is 7.76. The number of aryl methyl sites for hydroxylation is 1. The number of halogens is 4. The number of pyridine rings is 1. The first kappa shape index (κ1) is 20.6.